The first-order chi connectivity index (χ1) is 16.9. The molecular weight excluding hydrogens is 466 g/mol. The number of aromatic nitrogens is 3. The lowest BCUT2D eigenvalue weighted by molar-refractivity contribution is -0.120. The summed E-state index contributed by atoms with van der Waals surface area (Å²) in [6, 6.07) is 13.2. The van der Waals surface area contributed by atoms with Gasteiger partial charge in [0.1, 0.15) is 11.8 Å². The molecule has 1 N–H and O–H groups in total. The molecule has 10 heteroatoms. The highest BCUT2D eigenvalue weighted by molar-refractivity contribution is 7.15. The molecule has 2 aromatic carbocycles. The third kappa shape index (κ3) is 4.06. The number of imide groups is 1. The molecule has 0 bridgehead atoms. The van der Waals surface area contributed by atoms with Gasteiger partial charge in [-0.2, -0.15) is 4.98 Å². The molecule has 0 fully saturated rings. The first kappa shape index (κ1) is 22.7. The van der Waals surface area contributed by atoms with Crippen molar-refractivity contribution in [2.45, 2.75) is 26.3 Å². The fourth-order valence-corrected chi connectivity index (χ4v) is 4.99. The number of fused-ring (bicyclic) bond motifs is 2. The Kier molecular flexibility index (Phi) is 5.81. The minimum Gasteiger partial charge on any atom is -0.497 e. The van der Waals surface area contributed by atoms with E-state index in [0.717, 1.165) is 21.9 Å². The Morgan fingerprint density at radius 1 is 1.06 bits per heavy atom. The lowest BCUT2D eigenvalue weighted by Gasteiger charge is -2.26. The first-order valence-corrected chi connectivity index (χ1v) is 12.0. The van der Waals surface area contributed by atoms with Crippen LogP contribution in [-0.4, -0.2) is 50.4 Å². The Morgan fingerprint density at radius 2 is 1.71 bits per heavy atom. The van der Waals surface area contributed by atoms with E-state index in [0.29, 0.717) is 22.5 Å². The van der Waals surface area contributed by atoms with E-state index < -0.39 is 23.8 Å². The van der Waals surface area contributed by atoms with E-state index in [1.165, 1.54) is 11.3 Å². The number of carbonyl (C=O) groups excluding carboxylic acids is 3. The molecule has 178 valence electrons. The zero-order valence-corrected chi connectivity index (χ0v) is 20.2. The summed E-state index contributed by atoms with van der Waals surface area (Å²) in [5, 5.41) is 9.12. The van der Waals surface area contributed by atoms with Crippen LogP contribution in [0.15, 0.2) is 53.9 Å². The predicted octanol–water partition coefficient (Wildman–Crippen LogP) is 4.12. The zero-order valence-electron chi connectivity index (χ0n) is 19.4. The Labute approximate surface area is 205 Å². The van der Waals surface area contributed by atoms with E-state index >= 15 is 0 Å². The third-order valence-corrected chi connectivity index (χ3v) is 6.65. The van der Waals surface area contributed by atoms with E-state index in [2.05, 4.69) is 15.4 Å². The van der Waals surface area contributed by atoms with Gasteiger partial charge in [-0.15, -0.1) is 16.4 Å². The van der Waals surface area contributed by atoms with Crippen LogP contribution in [0.4, 0.5) is 5.95 Å². The van der Waals surface area contributed by atoms with Gasteiger partial charge >= 0.3 is 0 Å². The van der Waals surface area contributed by atoms with Crippen LogP contribution in [0.5, 0.6) is 5.75 Å². The number of benzene rings is 2. The summed E-state index contributed by atoms with van der Waals surface area (Å²) in [4.78, 5) is 45.5. The number of methoxy groups -OCH3 is 1. The number of nitrogens with zero attached hydrogens (tertiary/aromatic N) is 4. The van der Waals surface area contributed by atoms with Gasteiger partial charge in [-0.25, -0.2) is 4.52 Å². The number of rotatable bonds is 7. The number of carbonyl (C=O) groups is 3. The Bertz CT molecular complexity index is 1400. The maximum absolute atomic E-state index is 13.3. The summed E-state index contributed by atoms with van der Waals surface area (Å²) in [6.45, 7) is 3.87. The predicted molar refractivity (Wildman–Crippen MR) is 132 cm³/mol. The van der Waals surface area contributed by atoms with Crippen LogP contribution in [0.3, 0.4) is 0 Å². The van der Waals surface area contributed by atoms with E-state index in [1.807, 2.05) is 43.5 Å². The fraction of sp³-hybridized carbons (Fsp3) is 0.240. The minimum absolute atomic E-state index is 0.0650. The molecule has 1 aliphatic heterocycles. The highest BCUT2D eigenvalue weighted by Gasteiger charge is 2.43. The summed E-state index contributed by atoms with van der Waals surface area (Å²) >= 11 is 1.39. The average molecular weight is 490 g/mol. The van der Waals surface area contributed by atoms with E-state index in [-0.39, 0.29) is 11.9 Å². The van der Waals surface area contributed by atoms with Crippen LogP contribution in [0.1, 0.15) is 41.0 Å². The molecule has 35 heavy (non-hydrogen) atoms. The molecule has 3 heterocycles. The summed E-state index contributed by atoms with van der Waals surface area (Å²) < 4.78 is 6.87. The molecule has 2 aromatic heterocycles. The molecular formula is C25H23N5O4S. The highest BCUT2D eigenvalue weighted by Crippen LogP contribution is 2.29. The lowest BCUT2D eigenvalue weighted by Crippen LogP contribution is -2.48. The Hall–Kier alpha value is -4.05. The normalized spacial score (nSPS) is 14.0. The van der Waals surface area contributed by atoms with Crippen molar-refractivity contribution in [3.05, 3.63) is 65.0 Å². The number of amides is 3. The van der Waals surface area contributed by atoms with E-state index in [9.17, 15) is 14.4 Å². The minimum atomic E-state index is -0.981. The smallest absolute Gasteiger partial charge is 0.262 e. The monoisotopic (exact) mass is 489 g/mol. The molecule has 0 spiro atoms. The second-order valence-corrected chi connectivity index (χ2v) is 9.48. The van der Waals surface area contributed by atoms with E-state index in [4.69, 9.17) is 4.74 Å². The van der Waals surface area contributed by atoms with Crippen LogP contribution in [0, 0.1) is 5.92 Å². The molecule has 3 amide bonds. The van der Waals surface area contributed by atoms with Crippen molar-refractivity contribution in [3.63, 3.8) is 0 Å². The van der Waals surface area contributed by atoms with Gasteiger partial charge in [0.05, 0.1) is 23.9 Å². The number of hydrogen-bond acceptors (Lipinski definition) is 7. The number of thiazole rings is 1. The molecule has 5 rings (SSSR count). The standard InChI is InChI=1S/C25H23N5O4S/c1-14(2)12-19(29-22(32)17-6-4-5-7-18(17)23(29)33)21(31)26-24-27-25-30(28-24)20(13-35-25)15-8-10-16(34-3)11-9-15/h4-11,13-14,19H,12H2,1-3H3,(H,26,28,31). The van der Waals surface area contributed by atoms with Crippen LogP contribution < -0.4 is 10.1 Å². The van der Waals surface area contributed by atoms with Crippen LogP contribution in [0.2, 0.25) is 0 Å². The maximum Gasteiger partial charge on any atom is 0.262 e. The highest BCUT2D eigenvalue weighted by atomic mass is 32.1. The van der Waals surface area contributed by atoms with Gasteiger partial charge in [0.2, 0.25) is 10.9 Å². The molecule has 9 nitrogen and oxygen atoms in total. The molecule has 1 atom stereocenters. The van der Waals surface area contributed by atoms with Crippen LogP contribution in [0.25, 0.3) is 16.2 Å². The van der Waals surface area contributed by atoms with Crippen molar-refractivity contribution in [1.82, 2.24) is 19.5 Å². The largest absolute Gasteiger partial charge is 0.497 e. The number of hydrogen-bond donors (Lipinski definition) is 1. The quantitative estimate of drug-likeness (QED) is 0.392. The molecule has 4 aromatic rings. The second-order valence-electron chi connectivity index (χ2n) is 8.64. The number of anilines is 1. The zero-order chi connectivity index (χ0) is 24.7. The Balaban J connectivity index is 1.42. The van der Waals surface area contributed by atoms with Crippen LogP contribution in [-0.2, 0) is 4.79 Å². The van der Waals surface area contributed by atoms with Crippen molar-refractivity contribution in [2.24, 2.45) is 5.92 Å². The summed E-state index contributed by atoms with van der Waals surface area (Å²) in [7, 11) is 1.61. The van der Waals surface area contributed by atoms with Gasteiger partial charge < -0.3 is 4.74 Å². The Morgan fingerprint density at radius 3 is 2.31 bits per heavy atom. The van der Waals surface area contributed by atoms with Gasteiger partial charge in [-0.05, 0) is 48.7 Å². The molecule has 1 unspecified atom stereocenters. The molecule has 0 saturated carbocycles. The van der Waals surface area contributed by atoms with Crippen molar-refractivity contribution in [3.8, 4) is 17.0 Å². The summed E-state index contributed by atoms with van der Waals surface area (Å²) in [6.07, 6.45) is 0.316. The lowest BCUT2D eigenvalue weighted by atomic mass is 10.0. The van der Waals surface area contributed by atoms with Gasteiger partial charge in [0, 0.05) is 10.9 Å². The SMILES string of the molecule is COc1ccc(-c2csc3nc(NC(=O)C(CC(C)C)N4C(=O)c5ccccc5C4=O)nn23)cc1. The van der Waals surface area contributed by atoms with Gasteiger partial charge in [-0.1, -0.05) is 26.0 Å². The van der Waals surface area contributed by atoms with Crippen LogP contribution >= 0.6 is 11.3 Å². The van der Waals surface area contributed by atoms with Gasteiger partial charge in [0.25, 0.3) is 17.8 Å². The summed E-state index contributed by atoms with van der Waals surface area (Å²) in [5.74, 6) is -0.510. The summed E-state index contributed by atoms with van der Waals surface area (Å²) in [5.41, 5.74) is 2.36. The van der Waals surface area contributed by atoms with Gasteiger partial charge in [0.15, 0.2) is 0 Å². The van der Waals surface area contributed by atoms with Crippen molar-refractivity contribution in [2.75, 3.05) is 12.4 Å². The molecule has 0 radical (unpaired) electrons. The van der Waals surface area contributed by atoms with Crippen molar-refractivity contribution in [1.29, 1.82) is 0 Å². The number of nitrogens with one attached hydrogen (secondary N) is 1. The number of ether oxygens (including phenoxy) is 1. The third-order valence-electron chi connectivity index (χ3n) is 5.84. The molecule has 0 aliphatic carbocycles. The first-order valence-electron chi connectivity index (χ1n) is 11.1. The van der Waals surface area contributed by atoms with Gasteiger partial charge in [-0.3, -0.25) is 24.6 Å². The van der Waals surface area contributed by atoms with Crippen molar-refractivity contribution >= 4 is 40.0 Å². The van der Waals surface area contributed by atoms with Crippen molar-refractivity contribution < 1.29 is 19.1 Å². The average Bonchev–Trinajstić information content (AvgIpc) is 3.50. The van der Waals surface area contributed by atoms with E-state index in [1.54, 1.807) is 35.9 Å². The topological polar surface area (TPSA) is 106 Å². The molecule has 1 aliphatic rings. The maximum atomic E-state index is 13.3. The second kappa shape index (κ2) is 8.95. The molecule has 0 saturated heterocycles. The fourth-order valence-electron chi connectivity index (χ4n) is 4.16.